The van der Waals surface area contributed by atoms with E-state index in [1.165, 1.54) is 10.7 Å². The fraction of sp³-hybridized carbons (Fsp3) is 0.293. The molecule has 20 heteroatoms. The van der Waals surface area contributed by atoms with Crippen LogP contribution in [0.15, 0.2) is 71.9 Å². The van der Waals surface area contributed by atoms with Crippen molar-refractivity contribution < 1.29 is 39.6 Å². The van der Waals surface area contributed by atoms with Crippen molar-refractivity contribution in [2.75, 3.05) is 15.9 Å². The minimum atomic E-state index is -3.83. The van der Waals surface area contributed by atoms with Crippen molar-refractivity contribution in [1.82, 2.24) is 29.9 Å². The number of benzene rings is 3. The van der Waals surface area contributed by atoms with Crippen LogP contribution in [-0.4, -0.2) is 57.0 Å². The third-order valence-electron chi connectivity index (χ3n) is 11.1. The number of alkyl halides is 4. The number of sulfonamides is 1. The minimum absolute atomic E-state index is 0.0309. The molecule has 9 rings (SSSR count). The third-order valence-corrected chi connectivity index (χ3v) is 12.0. The van der Waals surface area contributed by atoms with Crippen LogP contribution in [-0.2, 0) is 47.3 Å². The smallest absolute Gasteiger partial charge is 0.293 e. The van der Waals surface area contributed by atoms with Crippen LogP contribution in [0, 0.1) is 24.5 Å². The Labute approximate surface area is 349 Å². The Hall–Kier alpha value is -5.95. The molecule has 6 aromatic rings. The number of rotatable bonds is 11. The molecule has 1 aliphatic heterocycles. The first kappa shape index (κ1) is 40.5. The van der Waals surface area contributed by atoms with Crippen molar-refractivity contribution >= 4 is 61.5 Å². The molecule has 0 unspecified atom stereocenters. The summed E-state index contributed by atoms with van der Waals surface area (Å²) in [7, 11) is -2.27. The molecule has 12 nitrogen and oxygen atoms in total. The second-order valence-corrected chi connectivity index (χ2v) is 17.7. The number of amides is 1. The summed E-state index contributed by atoms with van der Waals surface area (Å²) in [4.78, 5) is 25.4. The van der Waals surface area contributed by atoms with Crippen molar-refractivity contribution in [2.45, 2.75) is 57.2 Å². The van der Waals surface area contributed by atoms with Crippen LogP contribution in [0.25, 0.3) is 22.2 Å². The van der Waals surface area contributed by atoms with Crippen LogP contribution >= 0.6 is 11.6 Å². The summed E-state index contributed by atoms with van der Waals surface area (Å²) in [5, 5.41) is 11.4. The topological polar surface area (TPSA) is 139 Å². The van der Waals surface area contributed by atoms with Gasteiger partial charge in [-0.3, -0.25) is 23.9 Å². The standard InChI is InChI=1S/C41H34ClF6N9O3S/c1-19-8-9-49-28(10-19)21-4-5-22-17-56(31-7-6-27(42)34-36(31)55(2)53-39(34)54-61(3,59)60)40(51-29(22)14-21)30(13-20-11-23(43)15-24(44)12-20)50-32(58)18-57-37-33(35(52-57)38(45)46)25-16-26(25)41(37,47)48/h4-12,14-15,25-26,30,38H,13,16-18H2,1-3H3,(H,50,58)(H,53,54)/t25-,26+,30-/m0/s1. The lowest BCUT2D eigenvalue weighted by atomic mass is 9.99. The van der Waals surface area contributed by atoms with E-state index in [2.05, 4.69) is 25.2 Å². The summed E-state index contributed by atoms with van der Waals surface area (Å²) < 4.78 is 118. The Morgan fingerprint density at radius 3 is 2.49 bits per heavy atom. The molecule has 3 aromatic carbocycles. The zero-order valence-electron chi connectivity index (χ0n) is 32.4. The van der Waals surface area contributed by atoms with Gasteiger partial charge in [0, 0.05) is 42.8 Å². The van der Waals surface area contributed by atoms with Gasteiger partial charge in [-0.05, 0) is 78.4 Å². The van der Waals surface area contributed by atoms with Gasteiger partial charge in [0.05, 0.1) is 51.8 Å². The molecule has 3 aliphatic rings. The van der Waals surface area contributed by atoms with Crippen LogP contribution in [0.2, 0.25) is 5.02 Å². The van der Waals surface area contributed by atoms with Crippen LogP contribution in [0.3, 0.4) is 0 Å². The first-order valence-electron chi connectivity index (χ1n) is 18.9. The van der Waals surface area contributed by atoms with Crippen LogP contribution in [0.5, 0.6) is 0 Å². The number of aliphatic imine (C=N–C) groups is 1. The Morgan fingerprint density at radius 2 is 1.79 bits per heavy atom. The molecule has 1 amide bonds. The highest BCUT2D eigenvalue weighted by molar-refractivity contribution is 7.92. The number of aromatic nitrogens is 5. The zero-order chi connectivity index (χ0) is 43.3. The Morgan fingerprint density at radius 1 is 1.03 bits per heavy atom. The maximum Gasteiger partial charge on any atom is 0.293 e. The summed E-state index contributed by atoms with van der Waals surface area (Å²) in [5.41, 5.74) is 2.45. The number of carbonyl (C=O) groups is 1. The van der Waals surface area contributed by atoms with Gasteiger partial charge >= 0.3 is 0 Å². The predicted molar refractivity (Wildman–Crippen MR) is 216 cm³/mol. The van der Waals surface area contributed by atoms with Crippen molar-refractivity contribution in [3.63, 3.8) is 0 Å². The highest BCUT2D eigenvalue weighted by Crippen LogP contribution is 2.68. The number of aryl methyl sites for hydroxylation is 2. The Bertz CT molecular complexity index is 2940. The highest BCUT2D eigenvalue weighted by atomic mass is 35.5. The van der Waals surface area contributed by atoms with Gasteiger partial charge in [0.1, 0.15) is 35.4 Å². The predicted octanol–water partition coefficient (Wildman–Crippen LogP) is 8.07. The quantitative estimate of drug-likeness (QED) is 0.126. The molecule has 316 valence electrons. The third kappa shape index (κ3) is 7.36. The van der Waals surface area contributed by atoms with Crippen molar-refractivity contribution in [1.29, 1.82) is 0 Å². The van der Waals surface area contributed by atoms with Crippen LogP contribution in [0.4, 0.5) is 43.5 Å². The van der Waals surface area contributed by atoms with Crippen LogP contribution < -0.4 is 14.9 Å². The van der Waals surface area contributed by atoms with Gasteiger partial charge in [-0.15, -0.1) is 0 Å². The van der Waals surface area contributed by atoms with Gasteiger partial charge in [0.25, 0.3) is 12.3 Å². The molecule has 3 atom stereocenters. The SMILES string of the molecule is Cc1ccnc(-c2ccc3c(c2)N=C([C@H](Cc2cc(F)cc(F)c2)NC(=O)Cn2nc(C(F)F)c4c2C(F)(F)[C@@H]2C[C@H]42)N(c2ccc(Cl)c4c(NS(C)(=O)=O)nn(C)c24)C3)c1. The van der Waals surface area contributed by atoms with E-state index >= 15 is 8.78 Å². The van der Waals surface area contributed by atoms with Gasteiger partial charge in [0.15, 0.2) is 5.82 Å². The number of hydrogen-bond acceptors (Lipinski definition) is 8. The molecule has 4 heterocycles. The molecule has 3 aromatic heterocycles. The van der Waals surface area contributed by atoms with Gasteiger partial charge in [-0.1, -0.05) is 23.7 Å². The van der Waals surface area contributed by atoms with Gasteiger partial charge in [-0.25, -0.2) is 31.0 Å². The fourth-order valence-corrected chi connectivity index (χ4v) is 9.25. The highest BCUT2D eigenvalue weighted by Gasteiger charge is 2.67. The molecule has 0 saturated heterocycles. The van der Waals surface area contributed by atoms with Crippen molar-refractivity contribution in [3.8, 4) is 11.3 Å². The maximum atomic E-state index is 15.5. The summed E-state index contributed by atoms with van der Waals surface area (Å²) >= 11 is 6.68. The number of fused-ring (bicyclic) bond motifs is 5. The molecule has 2 aliphatic carbocycles. The monoisotopic (exact) mass is 881 g/mol. The average Bonchev–Trinajstić information content (AvgIpc) is 3.72. The van der Waals surface area contributed by atoms with E-state index < -0.39 is 75.7 Å². The molecule has 1 fully saturated rings. The number of halogens is 7. The Kier molecular flexibility index (Phi) is 9.69. The summed E-state index contributed by atoms with van der Waals surface area (Å²) in [6.07, 6.45) is -0.813. The van der Waals surface area contributed by atoms with E-state index in [1.807, 2.05) is 31.2 Å². The fourth-order valence-electron chi connectivity index (χ4n) is 8.51. The number of hydrogen-bond donors (Lipinski definition) is 2. The van der Waals surface area contributed by atoms with Gasteiger partial charge in [-0.2, -0.15) is 19.0 Å². The van der Waals surface area contributed by atoms with E-state index in [1.54, 1.807) is 30.3 Å². The first-order valence-corrected chi connectivity index (χ1v) is 21.2. The molecule has 61 heavy (non-hydrogen) atoms. The van der Waals surface area contributed by atoms with E-state index in [0.29, 0.717) is 44.5 Å². The van der Waals surface area contributed by atoms with Crippen molar-refractivity contribution in [2.24, 2.45) is 18.0 Å². The second kappa shape index (κ2) is 14.6. The van der Waals surface area contributed by atoms with E-state index in [-0.39, 0.29) is 52.6 Å². The number of nitrogens with zero attached hydrogens (tertiary/aromatic N) is 7. The van der Waals surface area contributed by atoms with Crippen LogP contribution in [0.1, 0.15) is 52.4 Å². The average molecular weight is 882 g/mol. The van der Waals surface area contributed by atoms with Gasteiger partial charge in [0.2, 0.25) is 15.9 Å². The lowest BCUT2D eigenvalue weighted by Gasteiger charge is -2.36. The molecule has 1 saturated carbocycles. The van der Waals surface area contributed by atoms with Crippen molar-refractivity contribution in [3.05, 3.63) is 117 Å². The largest absolute Gasteiger partial charge is 0.344 e. The molecular formula is C41H34ClF6N9O3S. The number of amidine groups is 1. The summed E-state index contributed by atoms with van der Waals surface area (Å²) in [6.45, 7) is 1.09. The Balaban J connectivity index is 1.19. The lowest BCUT2D eigenvalue weighted by Crippen LogP contribution is -2.51. The number of carbonyl (C=O) groups excluding carboxylic acids is 1. The number of pyridine rings is 1. The van der Waals surface area contributed by atoms with E-state index in [9.17, 15) is 30.8 Å². The molecule has 0 radical (unpaired) electrons. The minimum Gasteiger partial charge on any atom is -0.344 e. The van der Waals surface area contributed by atoms with E-state index in [0.717, 1.165) is 24.0 Å². The number of anilines is 2. The summed E-state index contributed by atoms with van der Waals surface area (Å²) in [5.74, 6) is -8.16. The van der Waals surface area contributed by atoms with E-state index in [4.69, 9.17) is 16.6 Å². The molecular weight excluding hydrogens is 848 g/mol. The second-order valence-electron chi connectivity index (χ2n) is 15.5. The summed E-state index contributed by atoms with van der Waals surface area (Å²) in [6, 6.07) is 13.9. The van der Waals surface area contributed by atoms with Gasteiger partial charge < -0.3 is 10.2 Å². The first-order chi connectivity index (χ1) is 28.9. The maximum absolute atomic E-state index is 15.5. The molecule has 0 spiro atoms. The number of nitrogens with one attached hydrogen (secondary N) is 2. The normalized spacial score (nSPS) is 18.1. The zero-order valence-corrected chi connectivity index (χ0v) is 34.0. The lowest BCUT2D eigenvalue weighted by molar-refractivity contribution is -0.122. The molecule has 0 bridgehead atoms. The molecule has 2 N–H and O–H groups in total.